The number of rotatable bonds is 7. The third-order valence-electron chi connectivity index (χ3n) is 2.74. The van der Waals surface area contributed by atoms with Gasteiger partial charge in [-0.05, 0) is 12.5 Å². The Morgan fingerprint density at radius 1 is 1.25 bits per heavy atom. The lowest BCUT2D eigenvalue weighted by atomic mass is 10.2. The molecule has 0 saturated heterocycles. The molecule has 0 aliphatic rings. The van der Waals surface area contributed by atoms with Crippen LogP contribution in [0.4, 0.5) is 0 Å². The summed E-state index contributed by atoms with van der Waals surface area (Å²) < 4.78 is 4.79. The van der Waals surface area contributed by atoms with E-state index in [0.717, 1.165) is 5.56 Å². The Kier molecular flexibility index (Phi) is 6.69. The molecule has 20 heavy (non-hydrogen) atoms. The van der Waals surface area contributed by atoms with Crippen molar-refractivity contribution in [2.75, 3.05) is 13.7 Å². The number of nitrogens with one attached hydrogen (secondary N) is 2. The molecular weight excluding hydrogens is 258 g/mol. The number of nitrogens with two attached hydrogens (primary N) is 1. The van der Waals surface area contributed by atoms with Crippen molar-refractivity contribution in [1.82, 2.24) is 10.6 Å². The molecule has 0 aliphatic carbocycles. The average Bonchev–Trinajstić information content (AvgIpc) is 2.45. The van der Waals surface area contributed by atoms with Gasteiger partial charge in [0.1, 0.15) is 12.1 Å². The highest BCUT2D eigenvalue weighted by Gasteiger charge is 2.19. The molecule has 0 fully saturated rings. The van der Waals surface area contributed by atoms with E-state index < -0.39 is 18.0 Å². The number of hydrogen-bond donors (Lipinski definition) is 3. The van der Waals surface area contributed by atoms with E-state index in [1.165, 1.54) is 7.11 Å². The van der Waals surface area contributed by atoms with Crippen LogP contribution in [0.1, 0.15) is 12.5 Å². The first-order valence-corrected chi connectivity index (χ1v) is 6.41. The molecule has 2 unspecified atom stereocenters. The van der Waals surface area contributed by atoms with Gasteiger partial charge in [-0.1, -0.05) is 30.3 Å². The fraction of sp³-hybridized carbons (Fsp3) is 0.429. The quantitative estimate of drug-likeness (QED) is 0.643. The normalized spacial score (nSPS) is 13.3. The molecule has 0 saturated carbocycles. The monoisotopic (exact) mass is 279 g/mol. The average molecular weight is 279 g/mol. The summed E-state index contributed by atoms with van der Waals surface area (Å²) in [6.45, 7) is 2.14. The molecule has 0 spiro atoms. The van der Waals surface area contributed by atoms with Gasteiger partial charge in [-0.25, -0.2) is 0 Å². The number of benzene rings is 1. The van der Waals surface area contributed by atoms with Crippen molar-refractivity contribution < 1.29 is 14.3 Å². The van der Waals surface area contributed by atoms with Crippen LogP contribution < -0.4 is 16.4 Å². The zero-order chi connectivity index (χ0) is 15.0. The van der Waals surface area contributed by atoms with E-state index >= 15 is 0 Å². The topological polar surface area (TPSA) is 93.4 Å². The van der Waals surface area contributed by atoms with Crippen LogP contribution in [0.15, 0.2) is 30.3 Å². The van der Waals surface area contributed by atoms with Gasteiger partial charge < -0.3 is 21.1 Å². The molecule has 6 nitrogen and oxygen atoms in total. The van der Waals surface area contributed by atoms with Gasteiger partial charge in [-0.3, -0.25) is 9.59 Å². The van der Waals surface area contributed by atoms with E-state index in [1.807, 2.05) is 30.3 Å². The van der Waals surface area contributed by atoms with Gasteiger partial charge in [0, 0.05) is 13.7 Å². The summed E-state index contributed by atoms with van der Waals surface area (Å²) in [5.74, 6) is -0.666. The molecule has 1 aromatic carbocycles. The molecule has 0 aliphatic heterocycles. The largest absolute Gasteiger partial charge is 0.383 e. The van der Waals surface area contributed by atoms with Gasteiger partial charge in [-0.15, -0.1) is 0 Å². The van der Waals surface area contributed by atoms with Crippen LogP contribution in [0.2, 0.25) is 0 Å². The minimum atomic E-state index is -0.774. The lowest BCUT2D eigenvalue weighted by Crippen LogP contribution is -2.51. The number of methoxy groups -OCH3 is 1. The van der Waals surface area contributed by atoms with Gasteiger partial charge >= 0.3 is 0 Å². The highest BCUT2D eigenvalue weighted by atomic mass is 16.5. The second kappa shape index (κ2) is 8.29. The fourth-order valence-electron chi connectivity index (χ4n) is 1.58. The molecule has 4 N–H and O–H groups in total. The summed E-state index contributed by atoms with van der Waals surface area (Å²) in [5.41, 5.74) is 6.57. The van der Waals surface area contributed by atoms with Gasteiger partial charge in [0.05, 0.1) is 6.61 Å². The third-order valence-corrected chi connectivity index (χ3v) is 2.74. The Hall–Kier alpha value is -1.92. The van der Waals surface area contributed by atoms with Crippen LogP contribution >= 0.6 is 0 Å². The highest BCUT2D eigenvalue weighted by molar-refractivity contribution is 5.89. The minimum Gasteiger partial charge on any atom is -0.383 e. The van der Waals surface area contributed by atoms with Crippen LogP contribution in [0.25, 0.3) is 0 Å². The van der Waals surface area contributed by atoms with Crippen molar-refractivity contribution >= 4 is 11.8 Å². The van der Waals surface area contributed by atoms with Crippen LogP contribution in [0.3, 0.4) is 0 Å². The highest BCUT2D eigenvalue weighted by Crippen LogP contribution is 1.97. The molecule has 0 bridgehead atoms. The van der Waals surface area contributed by atoms with Crippen LogP contribution in [0.5, 0.6) is 0 Å². The van der Waals surface area contributed by atoms with Crippen molar-refractivity contribution in [3.63, 3.8) is 0 Å². The fourth-order valence-corrected chi connectivity index (χ4v) is 1.58. The van der Waals surface area contributed by atoms with E-state index in [9.17, 15) is 9.59 Å². The van der Waals surface area contributed by atoms with Crippen molar-refractivity contribution in [3.05, 3.63) is 35.9 Å². The van der Waals surface area contributed by atoms with E-state index in [2.05, 4.69) is 10.6 Å². The molecule has 2 amide bonds. The lowest BCUT2D eigenvalue weighted by molar-refractivity contribution is -0.129. The minimum absolute atomic E-state index is 0.115. The van der Waals surface area contributed by atoms with Gasteiger partial charge in [0.25, 0.3) is 0 Å². The first-order chi connectivity index (χ1) is 9.54. The van der Waals surface area contributed by atoms with Crippen molar-refractivity contribution in [3.8, 4) is 0 Å². The van der Waals surface area contributed by atoms with Gasteiger partial charge in [0.2, 0.25) is 11.8 Å². The molecule has 1 aromatic rings. The Bertz CT molecular complexity index is 437. The Labute approximate surface area is 118 Å². The Balaban J connectivity index is 2.37. The zero-order valence-corrected chi connectivity index (χ0v) is 11.8. The summed E-state index contributed by atoms with van der Waals surface area (Å²) in [7, 11) is 1.46. The Morgan fingerprint density at radius 2 is 1.90 bits per heavy atom. The van der Waals surface area contributed by atoms with E-state index in [4.69, 9.17) is 10.5 Å². The van der Waals surface area contributed by atoms with Crippen LogP contribution in [-0.4, -0.2) is 37.6 Å². The third kappa shape index (κ3) is 5.38. The van der Waals surface area contributed by atoms with Gasteiger partial charge in [-0.2, -0.15) is 0 Å². The first kappa shape index (κ1) is 16.1. The van der Waals surface area contributed by atoms with Crippen LogP contribution in [-0.2, 0) is 20.9 Å². The second-order valence-electron chi connectivity index (χ2n) is 4.50. The lowest BCUT2D eigenvalue weighted by Gasteiger charge is -2.17. The molecule has 1 rings (SSSR count). The SMILES string of the molecule is COCC(N)C(=O)NC(C)C(=O)NCc1ccccc1. The number of carbonyl (C=O) groups is 2. The standard InChI is InChI=1S/C14H21N3O3/c1-10(17-14(19)12(15)9-20-2)13(18)16-8-11-6-4-3-5-7-11/h3-7,10,12H,8-9,15H2,1-2H3,(H,16,18)(H,17,19). The number of amides is 2. The smallest absolute Gasteiger partial charge is 0.242 e. The summed E-state index contributed by atoms with van der Waals surface area (Å²) in [5, 5.41) is 5.29. The first-order valence-electron chi connectivity index (χ1n) is 6.41. The predicted octanol–water partition coefficient (Wildman–Crippen LogP) is -0.219. The molecule has 0 aromatic heterocycles. The molecule has 2 atom stereocenters. The maximum Gasteiger partial charge on any atom is 0.242 e. The van der Waals surface area contributed by atoms with Crippen molar-refractivity contribution in [2.24, 2.45) is 5.73 Å². The summed E-state index contributed by atoms with van der Waals surface area (Å²) in [4.78, 5) is 23.5. The maximum absolute atomic E-state index is 11.8. The second-order valence-corrected chi connectivity index (χ2v) is 4.50. The van der Waals surface area contributed by atoms with Crippen molar-refractivity contribution in [2.45, 2.75) is 25.6 Å². The molecule has 0 radical (unpaired) electrons. The molecule has 110 valence electrons. The predicted molar refractivity (Wildman–Crippen MR) is 75.7 cm³/mol. The summed E-state index contributed by atoms with van der Waals surface area (Å²) in [6, 6.07) is 8.12. The molecule has 6 heteroatoms. The summed E-state index contributed by atoms with van der Waals surface area (Å²) in [6.07, 6.45) is 0. The van der Waals surface area contributed by atoms with Crippen molar-refractivity contribution in [1.29, 1.82) is 0 Å². The van der Waals surface area contributed by atoms with Crippen LogP contribution in [0, 0.1) is 0 Å². The number of ether oxygens (including phenoxy) is 1. The number of hydrogen-bond acceptors (Lipinski definition) is 4. The Morgan fingerprint density at radius 3 is 2.50 bits per heavy atom. The summed E-state index contributed by atoms with van der Waals surface area (Å²) >= 11 is 0. The van der Waals surface area contributed by atoms with E-state index in [1.54, 1.807) is 6.92 Å². The molecule has 0 heterocycles. The molecular formula is C14H21N3O3. The zero-order valence-electron chi connectivity index (χ0n) is 11.8. The maximum atomic E-state index is 11.8. The van der Waals surface area contributed by atoms with Gasteiger partial charge in [0.15, 0.2) is 0 Å². The van der Waals surface area contributed by atoms with E-state index in [0.29, 0.717) is 6.54 Å². The number of carbonyl (C=O) groups excluding carboxylic acids is 2. The van der Waals surface area contributed by atoms with E-state index in [-0.39, 0.29) is 12.5 Å².